The third-order valence-electron chi connectivity index (χ3n) is 5.08. The number of rotatable bonds is 6. The predicted octanol–water partition coefficient (Wildman–Crippen LogP) is 3.19. The predicted molar refractivity (Wildman–Crippen MR) is 93.2 cm³/mol. The van der Waals surface area contributed by atoms with Crippen LogP contribution in [-0.2, 0) is 16.4 Å². The molecule has 1 aromatic heterocycles. The molecule has 0 radical (unpaired) electrons. The van der Waals surface area contributed by atoms with Crippen molar-refractivity contribution >= 4 is 21.4 Å². The largest absolute Gasteiger partial charge is 0.214 e. The molecule has 2 aliphatic rings. The maximum atomic E-state index is 12.1. The number of sulfonamides is 1. The first-order valence-electron chi connectivity index (χ1n) is 8.88. The van der Waals surface area contributed by atoms with Gasteiger partial charge >= 0.3 is 0 Å². The fraction of sp³-hybridized carbons (Fsp3) is 0.875. The van der Waals surface area contributed by atoms with Crippen LogP contribution in [0.25, 0.3) is 0 Å². The molecule has 5 nitrogen and oxygen atoms in total. The van der Waals surface area contributed by atoms with Crippen LogP contribution in [0.2, 0.25) is 0 Å². The standard InChI is InChI=1S/C16H27N3O2S2/c1-2-11-23(20,21)19-9-7-14(8-10-19)16-18-17-15(22-16)12-13-5-3-4-6-13/h13-14H,2-12H2,1H3. The van der Waals surface area contributed by atoms with Gasteiger partial charge in [-0.2, -0.15) is 0 Å². The van der Waals surface area contributed by atoms with Crippen molar-refractivity contribution in [1.29, 1.82) is 0 Å². The van der Waals surface area contributed by atoms with Gasteiger partial charge in [-0.3, -0.25) is 0 Å². The average Bonchev–Trinajstić information content (AvgIpc) is 3.20. The van der Waals surface area contributed by atoms with E-state index in [9.17, 15) is 8.42 Å². The molecule has 0 bridgehead atoms. The van der Waals surface area contributed by atoms with Gasteiger partial charge in [0.1, 0.15) is 10.0 Å². The summed E-state index contributed by atoms with van der Waals surface area (Å²) in [5.41, 5.74) is 0. The van der Waals surface area contributed by atoms with E-state index in [4.69, 9.17) is 0 Å². The van der Waals surface area contributed by atoms with Crippen molar-refractivity contribution in [1.82, 2.24) is 14.5 Å². The molecule has 2 fully saturated rings. The van der Waals surface area contributed by atoms with E-state index in [2.05, 4.69) is 10.2 Å². The summed E-state index contributed by atoms with van der Waals surface area (Å²) in [6.45, 7) is 3.17. The molecule has 1 aliphatic heterocycles. The minimum atomic E-state index is -3.05. The number of hydrogen-bond donors (Lipinski definition) is 0. The van der Waals surface area contributed by atoms with Crippen molar-refractivity contribution in [2.75, 3.05) is 18.8 Å². The minimum absolute atomic E-state index is 0.266. The highest BCUT2D eigenvalue weighted by Gasteiger charge is 2.29. The zero-order valence-electron chi connectivity index (χ0n) is 13.9. The molecular weight excluding hydrogens is 330 g/mol. The Morgan fingerprint density at radius 3 is 2.48 bits per heavy atom. The number of piperidine rings is 1. The molecule has 3 rings (SSSR count). The fourth-order valence-corrected chi connectivity index (χ4v) is 6.41. The van der Waals surface area contributed by atoms with Crippen LogP contribution >= 0.6 is 11.3 Å². The molecule has 0 atom stereocenters. The lowest BCUT2D eigenvalue weighted by molar-refractivity contribution is 0.318. The molecule has 0 unspecified atom stereocenters. The van der Waals surface area contributed by atoms with E-state index >= 15 is 0 Å². The Kier molecular flexibility index (Phi) is 5.69. The molecule has 1 aromatic rings. The molecule has 1 aliphatic carbocycles. The van der Waals surface area contributed by atoms with E-state index in [0.29, 0.717) is 25.4 Å². The number of hydrogen-bond acceptors (Lipinski definition) is 5. The summed E-state index contributed by atoms with van der Waals surface area (Å²) in [7, 11) is -3.05. The quantitative estimate of drug-likeness (QED) is 0.784. The lowest BCUT2D eigenvalue weighted by atomic mass is 9.99. The average molecular weight is 358 g/mol. The summed E-state index contributed by atoms with van der Waals surface area (Å²) in [5.74, 6) is 1.46. The number of aromatic nitrogens is 2. The molecular formula is C16H27N3O2S2. The number of nitrogens with zero attached hydrogens (tertiary/aromatic N) is 3. The molecule has 0 spiro atoms. The molecule has 0 amide bonds. The van der Waals surface area contributed by atoms with E-state index < -0.39 is 10.0 Å². The summed E-state index contributed by atoms with van der Waals surface area (Å²) >= 11 is 1.76. The smallest absolute Gasteiger partial charge is 0.212 e. The molecule has 1 saturated carbocycles. The van der Waals surface area contributed by atoms with Crippen LogP contribution in [0, 0.1) is 5.92 Å². The highest BCUT2D eigenvalue weighted by atomic mass is 32.2. The molecule has 0 N–H and O–H groups in total. The van der Waals surface area contributed by atoms with Crippen LogP contribution in [-0.4, -0.2) is 41.8 Å². The second-order valence-corrected chi connectivity index (χ2v) is 10.1. The Balaban J connectivity index is 1.54. The summed E-state index contributed by atoms with van der Waals surface area (Å²) in [5, 5.41) is 11.1. The van der Waals surface area contributed by atoms with Crippen LogP contribution in [0.4, 0.5) is 0 Å². The first kappa shape index (κ1) is 17.3. The molecule has 7 heteroatoms. The van der Waals surface area contributed by atoms with Crippen molar-refractivity contribution in [3.63, 3.8) is 0 Å². The van der Waals surface area contributed by atoms with Crippen LogP contribution in [0.15, 0.2) is 0 Å². The zero-order valence-corrected chi connectivity index (χ0v) is 15.5. The summed E-state index contributed by atoms with van der Waals surface area (Å²) < 4.78 is 25.9. The van der Waals surface area contributed by atoms with Gasteiger partial charge in [0, 0.05) is 25.4 Å². The summed E-state index contributed by atoms with van der Waals surface area (Å²) in [6.07, 6.45) is 8.92. The van der Waals surface area contributed by atoms with E-state index in [1.807, 2.05) is 6.92 Å². The van der Waals surface area contributed by atoms with Crippen molar-refractivity contribution < 1.29 is 8.42 Å². The van der Waals surface area contributed by atoms with Crippen molar-refractivity contribution in [3.05, 3.63) is 10.0 Å². The zero-order chi connectivity index (χ0) is 16.3. The van der Waals surface area contributed by atoms with Gasteiger partial charge in [-0.05, 0) is 25.2 Å². The first-order chi connectivity index (χ1) is 11.1. The SMILES string of the molecule is CCCS(=O)(=O)N1CCC(c2nnc(CC3CCCC3)s2)CC1. The third kappa shape index (κ3) is 4.31. The van der Waals surface area contributed by atoms with Gasteiger partial charge in [0.2, 0.25) is 10.0 Å². The molecule has 23 heavy (non-hydrogen) atoms. The minimum Gasteiger partial charge on any atom is -0.212 e. The van der Waals surface area contributed by atoms with Gasteiger partial charge in [0.25, 0.3) is 0 Å². The van der Waals surface area contributed by atoms with Crippen LogP contribution < -0.4 is 0 Å². The third-order valence-corrected chi connectivity index (χ3v) is 8.26. The van der Waals surface area contributed by atoms with Gasteiger partial charge in [-0.1, -0.05) is 32.6 Å². The lowest BCUT2D eigenvalue weighted by Gasteiger charge is -2.30. The van der Waals surface area contributed by atoms with Crippen molar-refractivity contribution in [2.24, 2.45) is 5.92 Å². The van der Waals surface area contributed by atoms with Gasteiger partial charge in [-0.25, -0.2) is 12.7 Å². The van der Waals surface area contributed by atoms with Gasteiger partial charge in [0.15, 0.2) is 0 Å². The van der Waals surface area contributed by atoms with E-state index in [1.165, 1.54) is 30.7 Å². The second-order valence-electron chi connectivity index (χ2n) is 6.88. The topological polar surface area (TPSA) is 63.2 Å². The van der Waals surface area contributed by atoms with Crippen LogP contribution in [0.3, 0.4) is 0 Å². The Labute approximate surface area is 143 Å². The van der Waals surface area contributed by atoms with Crippen molar-refractivity contribution in [3.8, 4) is 0 Å². The van der Waals surface area contributed by atoms with Crippen molar-refractivity contribution in [2.45, 2.75) is 64.2 Å². The maximum Gasteiger partial charge on any atom is 0.214 e. The van der Waals surface area contributed by atoms with E-state index in [-0.39, 0.29) is 5.75 Å². The normalized spacial score (nSPS) is 22.0. The molecule has 2 heterocycles. The lowest BCUT2D eigenvalue weighted by Crippen LogP contribution is -2.39. The van der Waals surface area contributed by atoms with Gasteiger partial charge in [-0.15, -0.1) is 21.5 Å². The first-order valence-corrected chi connectivity index (χ1v) is 11.3. The fourth-order valence-electron chi connectivity index (χ4n) is 3.74. The van der Waals surface area contributed by atoms with Gasteiger partial charge in [0.05, 0.1) is 5.75 Å². The molecule has 0 aromatic carbocycles. The molecule has 1 saturated heterocycles. The van der Waals surface area contributed by atoms with E-state index in [1.54, 1.807) is 15.6 Å². The van der Waals surface area contributed by atoms with Gasteiger partial charge < -0.3 is 0 Å². The Morgan fingerprint density at radius 1 is 1.13 bits per heavy atom. The van der Waals surface area contributed by atoms with E-state index in [0.717, 1.165) is 30.2 Å². The Bertz CT molecular complexity index is 601. The highest BCUT2D eigenvalue weighted by Crippen LogP contribution is 2.33. The maximum absolute atomic E-state index is 12.1. The monoisotopic (exact) mass is 357 g/mol. The second kappa shape index (κ2) is 7.57. The highest BCUT2D eigenvalue weighted by molar-refractivity contribution is 7.89. The Morgan fingerprint density at radius 2 is 1.83 bits per heavy atom. The van der Waals surface area contributed by atoms with Crippen LogP contribution in [0.5, 0.6) is 0 Å². The summed E-state index contributed by atoms with van der Waals surface area (Å²) in [6, 6.07) is 0. The summed E-state index contributed by atoms with van der Waals surface area (Å²) in [4.78, 5) is 0. The van der Waals surface area contributed by atoms with Crippen LogP contribution in [0.1, 0.15) is 67.8 Å². The Hall–Kier alpha value is -0.530. The molecule has 130 valence electrons.